The van der Waals surface area contributed by atoms with Crippen LogP contribution in [-0.4, -0.2) is 9.97 Å². The number of hydrogen-bond donors (Lipinski definition) is 2. The standard InChI is InChI=1S/C17H29N3/c1-8-13-14(20-15(19-13)17(5,6)7)9-12(11-18)10-16(2,3)4/h8-9,11H,10,18H2,1-7H3,(H,19,20)/b12-11+,13-8+,14-9+. The predicted molar refractivity (Wildman–Crippen MR) is 87.5 cm³/mol. The average Bonchev–Trinajstić information content (AvgIpc) is 2.69. The molecule has 1 rings (SSSR count). The summed E-state index contributed by atoms with van der Waals surface area (Å²) in [5, 5.41) is 2.03. The van der Waals surface area contributed by atoms with Gasteiger partial charge in [-0.2, -0.15) is 0 Å². The fraction of sp³-hybridized carbons (Fsp3) is 0.588. The van der Waals surface area contributed by atoms with Gasteiger partial charge in [-0.05, 0) is 36.6 Å². The first-order valence-electron chi connectivity index (χ1n) is 7.22. The van der Waals surface area contributed by atoms with Crippen molar-refractivity contribution in [1.82, 2.24) is 9.97 Å². The number of H-pyrrole nitrogens is 1. The maximum absolute atomic E-state index is 5.77. The molecule has 1 heterocycles. The third-order valence-electron chi connectivity index (χ3n) is 3.03. The Hall–Kier alpha value is -1.51. The summed E-state index contributed by atoms with van der Waals surface area (Å²) in [6, 6.07) is 0. The molecule has 0 amide bonds. The lowest BCUT2D eigenvalue weighted by molar-refractivity contribution is 0.414. The highest BCUT2D eigenvalue weighted by atomic mass is 14.9. The van der Waals surface area contributed by atoms with Crippen molar-refractivity contribution in [2.75, 3.05) is 0 Å². The van der Waals surface area contributed by atoms with Crippen molar-refractivity contribution in [3.63, 3.8) is 0 Å². The maximum atomic E-state index is 5.77. The van der Waals surface area contributed by atoms with Crippen molar-refractivity contribution >= 4 is 12.2 Å². The van der Waals surface area contributed by atoms with Crippen LogP contribution in [0.25, 0.3) is 12.2 Å². The highest BCUT2D eigenvalue weighted by Gasteiger charge is 2.17. The molecular formula is C17H29N3. The first-order valence-corrected chi connectivity index (χ1v) is 7.22. The zero-order chi connectivity index (χ0) is 15.6. The van der Waals surface area contributed by atoms with Gasteiger partial charge in [0.1, 0.15) is 5.82 Å². The minimum Gasteiger partial charge on any atom is -0.404 e. The Morgan fingerprint density at radius 3 is 2.20 bits per heavy atom. The first-order chi connectivity index (χ1) is 9.06. The molecule has 1 aromatic heterocycles. The van der Waals surface area contributed by atoms with E-state index in [1.807, 2.05) is 6.92 Å². The van der Waals surface area contributed by atoms with Gasteiger partial charge >= 0.3 is 0 Å². The van der Waals surface area contributed by atoms with E-state index in [1.54, 1.807) is 6.20 Å². The Morgan fingerprint density at radius 1 is 1.20 bits per heavy atom. The molecule has 3 N–H and O–H groups in total. The van der Waals surface area contributed by atoms with Crippen LogP contribution in [0.1, 0.15) is 60.7 Å². The van der Waals surface area contributed by atoms with E-state index in [9.17, 15) is 0 Å². The number of nitrogens with one attached hydrogen (secondary N) is 1. The van der Waals surface area contributed by atoms with Gasteiger partial charge in [0, 0.05) is 5.41 Å². The molecule has 112 valence electrons. The van der Waals surface area contributed by atoms with Gasteiger partial charge in [0.25, 0.3) is 0 Å². The number of aromatic amines is 1. The van der Waals surface area contributed by atoms with E-state index in [1.165, 1.54) is 0 Å². The van der Waals surface area contributed by atoms with Crippen LogP contribution < -0.4 is 16.4 Å². The van der Waals surface area contributed by atoms with Crippen LogP contribution in [0, 0.1) is 5.41 Å². The zero-order valence-corrected chi connectivity index (χ0v) is 14.0. The topological polar surface area (TPSA) is 54.7 Å². The summed E-state index contributed by atoms with van der Waals surface area (Å²) in [7, 11) is 0. The SMILES string of the molecule is C/C=c1/[nH]c(C(C)(C)C)n/c1=C/C(=C\N)CC(C)(C)C. The van der Waals surface area contributed by atoms with Gasteiger partial charge < -0.3 is 10.7 Å². The third kappa shape index (κ3) is 4.55. The number of nitrogens with two attached hydrogens (primary N) is 1. The van der Waals surface area contributed by atoms with E-state index >= 15 is 0 Å². The number of nitrogens with zero attached hydrogens (tertiary/aromatic N) is 1. The molecule has 0 unspecified atom stereocenters. The van der Waals surface area contributed by atoms with Crippen LogP contribution in [-0.2, 0) is 5.41 Å². The van der Waals surface area contributed by atoms with Gasteiger partial charge in [0.05, 0.1) is 10.7 Å². The second-order valence-corrected chi connectivity index (χ2v) is 7.55. The maximum Gasteiger partial charge on any atom is 0.112 e. The molecule has 0 saturated heterocycles. The zero-order valence-electron chi connectivity index (χ0n) is 14.0. The molecule has 0 aromatic carbocycles. The summed E-state index contributed by atoms with van der Waals surface area (Å²) in [6.45, 7) is 15.1. The Kier molecular flexibility index (Phi) is 4.85. The lowest BCUT2D eigenvalue weighted by Gasteiger charge is -2.18. The fourth-order valence-corrected chi connectivity index (χ4v) is 2.03. The summed E-state index contributed by atoms with van der Waals surface area (Å²) in [5.41, 5.74) is 7.11. The second kappa shape index (κ2) is 5.86. The van der Waals surface area contributed by atoms with Crippen LogP contribution in [0.15, 0.2) is 11.8 Å². The lowest BCUT2D eigenvalue weighted by Crippen LogP contribution is -2.24. The third-order valence-corrected chi connectivity index (χ3v) is 3.03. The highest BCUT2D eigenvalue weighted by Crippen LogP contribution is 2.24. The van der Waals surface area contributed by atoms with Gasteiger partial charge in [0.2, 0.25) is 0 Å². The summed E-state index contributed by atoms with van der Waals surface area (Å²) in [5.74, 6) is 1.00. The van der Waals surface area contributed by atoms with E-state index in [-0.39, 0.29) is 10.8 Å². The molecule has 0 bridgehead atoms. The van der Waals surface area contributed by atoms with Crippen molar-refractivity contribution in [1.29, 1.82) is 0 Å². The Morgan fingerprint density at radius 2 is 1.80 bits per heavy atom. The summed E-state index contributed by atoms with van der Waals surface area (Å²) in [4.78, 5) is 8.13. The molecule has 0 atom stereocenters. The highest BCUT2D eigenvalue weighted by molar-refractivity contribution is 5.45. The summed E-state index contributed by atoms with van der Waals surface area (Å²) >= 11 is 0. The van der Waals surface area contributed by atoms with Crippen LogP contribution in [0.4, 0.5) is 0 Å². The second-order valence-electron chi connectivity index (χ2n) is 7.55. The van der Waals surface area contributed by atoms with Crippen molar-refractivity contribution in [3.8, 4) is 0 Å². The molecule has 0 aliphatic rings. The molecule has 3 nitrogen and oxygen atoms in total. The minimum atomic E-state index is 0.0144. The lowest BCUT2D eigenvalue weighted by atomic mass is 9.88. The summed E-state index contributed by atoms with van der Waals surface area (Å²) < 4.78 is 0. The van der Waals surface area contributed by atoms with E-state index in [0.29, 0.717) is 0 Å². The van der Waals surface area contributed by atoms with E-state index in [0.717, 1.165) is 28.5 Å². The van der Waals surface area contributed by atoms with Crippen molar-refractivity contribution < 1.29 is 0 Å². The molecule has 1 aromatic rings. The van der Waals surface area contributed by atoms with Gasteiger partial charge in [-0.15, -0.1) is 0 Å². The molecule has 20 heavy (non-hydrogen) atoms. The molecule has 3 heteroatoms. The number of hydrogen-bond acceptors (Lipinski definition) is 2. The monoisotopic (exact) mass is 275 g/mol. The van der Waals surface area contributed by atoms with Crippen molar-refractivity contribution in [2.24, 2.45) is 11.1 Å². The number of allylic oxidation sites excluding steroid dienone is 1. The van der Waals surface area contributed by atoms with Crippen LogP contribution in [0.3, 0.4) is 0 Å². The molecular weight excluding hydrogens is 246 g/mol. The van der Waals surface area contributed by atoms with E-state index < -0.39 is 0 Å². The fourth-order valence-electron chi connectivity index (χ4n) is 2.03. The van der Waals surface area contributed by atoms with E-state index in [4.69, 9.17) is 10.7 Å². The van der Waals surface area contributed by atoms with Gasteiger partial charge in [-0.3, -0.25) is 0 Å². The number of rotatable bonds is 2. The van der Waals surface area contributed by atoms with Crippen LogP contribution in [0.5, 0.6) is 0 Å². The number of aromatic nitrogens is 2. The Balaban J connectivity index is 3.32. The van der Waals surface area contributed by atoms with E-state index in [2.05, 4.69) is 58.7 Å². The van der Waals surface area contributed by atoms with Gasteiger partial charge in [-0.25, -0.2) is 4.98 Å². The molecule has 0 saturated carbocycles. The Labute approximate surface area is 122 Å². The predicted octanol–water partition coefficient (Wildman–Crippen LogP) is 2.57. The van der Waals surface area contributed by atoms with Gasteiger partial charge in [-0.1, -0.05) is 47.6 Å². The smallest absolute Gasteiger partial charge is 0.112 e. The van der Waals surface area contributed by atoms with Gasteiger partial charge in [0.15, 0.2) is 0 Å². The molecule has 0 fully saturated rings. The minimum absolute atomic E-state index is 0.0144. The normalized spacial score (nSPS) is 16.1. The van der Waals surface area contributed by atoms with Crippen LogP contribution >= 0.6 is 0 Å². The molecule has 0 aliphatic heterocycles. The Bertz CT molecular complexity index is 590. The molecule has 0 radical (unpaired) electrons. The molecule has 0 spiro atoms. The van der Waals surface area contributed by atoms with Crippen molar-refractivity contribution in [2.45, 2.75) is 60.3 Å². The van der Waals surface area contributed by atoms with Crippen molar-refractivity contribution in [3.05, 3.63) is 28.3 Å². The largest absolute Gasteiger partial charge is 0.404 e. The van der Waals surface area contributed by atoms with Crippen LogP contribution in [0.2, 0.25) is 0 Å². The quantitative estimate of drug-likeness (QED) is 0.871. The average molecular weight is 275 g/mol. The summed E-state index contributed by atoms with van der Waals surface area (Å²) in [6.07, 6.45) is 6.77. The first kappa shape index (κ1) is 16.5. The number of imidazole rings is 1. The molecule has 0 aliphatic carbocycles.